The predicted octanol–water partition coefficient (Wildman–Crippen LogP) is 6.20. The van der Waals surface area contributed by atoms with Gasteiger partial charge in [-0.25, -0.2) is 0 Å². The van der Waals surface area contributed by atoms with Crippen molar-refractivity contribution in [2.75, 3.05) is 0 Å². The van der Waals surface area contributed by atoms with Crippen molar-refractivity contribution in [2.45, 2.75) is 67.2 Å². The van der Waals surface area contributed by atoms with Gasteiger partial charge in [0.15, 0.2) is 0 Å². The van der Waals surface area contributed by atoms with Gasteiger partial charge < -0.3 is 0 Å². The van der Waals surface area contributed by atoms with Crippen molar-refractivity contribution in [3.8, 4) is 0 Å². The summed E-state index contributed by atoms with van der Waals surface area (Å²) in [6.45, 7) is 15.9. The third-order valence-electron chi connectivity index (χ3n) is 5.58. The van der Waals surface area contributed by atoms with Gasteiger partial charge in [-0.05, 0) is 85.0 Å². The molecular formula is C22H30. The molecule has 0 fully saturated rings. The second kappa shape index (κ2) is 6.69. The summed E-state index contributed by atoms with van der Waals surface area (Å²) in [7, 11) is 0. The largest absolute Gasteiger partial charge is 0.0613 e. The lowest BCUT2D eigenvalue weighted by atomic mass is 9.83. The van der Waals surface area contributed by atoms with Crippen molar-refractivity contribution in [1.82, 2.24) is 0 Å². The summed E-state index contributed by atoms with van der Waals surface area (Å²) in [5.74, 6) is 0.453. The Kier molecular flexibility index (Phi) is 5.11. The molecule has 0 heterocycles. The molecule has 0 aliphatic carbocycles. The molecule has 0 heteroatoms. The highest BCUT2D eigenvalue weighted by Crippen LogP contribution is 2.33. The van der Waals surface area contributed by atoms with Gasteiger partial charge in [-0.1, -0.05) is 45.0 Å². The maximum absolute atomic E-state index is 2.35. The molecule has 0 aliphatic rings. The zero-order valence-corrected chi connectivity index (χ0v) is 15.3. The molecular weight excluding hydrogens is 264 g/mol. The molecule has 0 nitrogen and oxygen atoms in total. The smallest absolute Gasteiger partial charge is 0.00664 e. The first-order valence-electron chi connectivity index (χ1n) is 8.60. The highest BCUT2D eigenvalue weighted by molar-refractivity contribution is 5.48. The van der Waals surface area contributed by atoms with Crippen LogP contribution >= 0.6 is 0 Å². The van der Waals surface area contributed by atoms with E-state index < -0.39 is 0 Å². The van der Waals surface area contributed by atoms with Crippen LogP contribution in [-0.4, -0.2) is 0 Å². The second-order valence-electron chi connectivity index (χ2n) is 6.56. The van der Waals surface area contributed by atoms with Gasteiger partial charge in [-0.15, -0.1) is 0 Å². The van der Waals surface area contributed by atoms with Crippen LogP contribution in [-0.2, 0) is 12.8 Å². The summed E-state index contributed by atoms with van der Waals surface area (Å²) in [5.41, 5.74) is 11.7. The fraction of sp³-hybridized carbons (Fsp3) is 0.455. The van der Waals surface area contributed by atoms with Gasteiger partial charge in [0.1, 0.15) is 0 Å². The molecule has 118 valence electrons. The minimum Gasteiger partial charge on any atom is -0.0613 e. The van der Waals surface area contributed by atoms with Crippen molar-refractivity contribution in [3.63, 3.8) is 0 Å². The number of hydrogen-bond acceptors (Lipinski definition) is 0. The van der Waals surface area contributed by atoms with Crippen LogP contribution in [0.15, 0.2) is 24.3 Å². The summed E-state index contributed by atoms with van der Waals surface area (Å²) >= 11 is 0. The van der Waals surface area contributed by atoms with Crippen LogP contribution in [0.2, 0.25) is 0 Å². The molecule has 2 aromatic rings. The van der Waals surface area contributed by atoms with Crippen molar-refractivity contribution in [3.05, 3.63) is 68.8 Å². The minimum absolute atomic E-state index is 0.453. The molecule has 0 spiro atoms. The van der Waals surface area contributed by atoms with E-state index in [9.17, 15) is 0 Å². The molecule has 0 saturated heterocycles. The molecule has 0 N–H and O–H groups in total. The maximum Gasteiger partial charge on any atom is 0.00664 e. The van der Waals surface area contributed by atoms with Crippen LogP contribution in [0.4, 0.5) is 0 Å². The Morgan fingerprint density at radius 2 is 1.00 bits per heavy atom. The Morgan fingerprint density at radius 1 is 0.636 bits per heavy atom. The van der Waals surface area contributed by atoms with Gasteiger partial charge in [-0.2, -0.15) is 0 Å². The van der Waals surface area contributed by atoms with Crippen LogP contribution in [0, 0.1) is 27.7 Å². The monoisotopic (exact) mass is 294 g/mol. The molecule has 0 saturated carbocycles. The Hall–Kier alpha value is -1.56. The molecule has 0 atom stereocenters. The van der Waals surface area contributed by atoms with Crippen molar-refractivity contribution in [2.24, 2.45) is 0 Å². The van der Waals surface area contributed by atoms with Gasteiger partial charge in [0, 0.05) is 5.92 Å². The number of aryl methyl sites for hydroxylation is 2. The molecule has 0 amide bonds. The third-order valence-corrected chi connectivity index (χ3v) is 5.58. The first-order chi connectivity index (χ1) is 10.4. The van der Waals surface area contributed by atoms with Gasteiger partial charge >= 0.3 is 0 Å². The summed E-state index contributed by atoms with van der Waals surface area (Å²) in [6, 6.07) is 9.32. The number of rotatable bonds is 4. The van der Waals surface area contributed by atoms with Gasteiger partial charge in [0.25, 0.3) is 0 Å². The van der Waals surface area contributed by atoms with Crippen LogP contribution in [0.1, 0.15) is 71.2 Å². The fourth-order valence-electron chi connectivity index (χ4n) is 3.67. The fourth-order valence-corrected chi connectivity index (χ4v) is 3.67. The number of benzene rings is 2. The normalized spacial score (nSPS) is 11.3. The van der Waals surface area contributed by atoms with E-state index in [0.29, 0.717) is 5.92 Å². The topological polar surface area (TPSA) is 0 Å². The molecule has 0 aromatic heterocycles. The summed E-state index contributed by atoms with van der Waals surface area (Å²) < 4.78 is 0. The van der Waals surface area contributed by atoms with E-state index in [0.717, 1.165) is 12.8 Å². The van der Waals surface area contributed by atoms with E-state index in [1.165, 1.54) is 44.5 Å². The average Bonchev–Trinajstić information content (AvgIpc) is 2.52. The molecule has 2 aromatic carbocycles. The molecule has 0 bridgehead atoms. The van der Waals surface area contributed by atoms with E-state index >= 15 is 0 Å². The first-order valence-corrected chi connectivity index (χ1v) is 8.60. The van der Waals surface area contributed by atoms with E-state index in [1.807, 2.05) is 0 Å². The summed E-state index contributed by atoms with van der Waals surface area (Å²) in [6.07, 6.45) is 2.23. The highest BCUT2D eigenvalue weighted by atomic mass is 14.2. The van der Waals surface area contributed by atoms with E-state index in [4.69, 9.17) is 0 Å². The first kappa shape index (κ1) is 16.8. The van der Waals surface area contributed by atoms with E-state index in [2.05, 4.69) is 72.7 Å². The third kappa shape index (κ3) is 2.84. The zero-order chi connectivity index (χ0) is 16.4. The van der Waals surface area contributed by atoms with Crippen molar-refractivity contribution in [1.29, 1.82) is 0 Å². The van der Waals surface area contributed by atoms with Gasteiger partial charge in [0.05, 0.1) is 0 Å². The van der Waals surface area contributed by atoms with Crippen molar-refractivity contribution < 1.29 is 0 Å². The Morgan fingerprint density at radius 3 is 1.32 bits per heavy atom. The SMILES string of the molecule is CCc1ccc(C(C)c2ccc(CC)c(C)c2C)c(C)c1C. The quantitative estimate of drug-likeness (QED) is 0.630. The Labute approximate surface area is 136 Å². The lowest BCUT2D eigenvalue weighted by Crippen LogP contribution is -2.06. The second-order valence-corrected chi connectivity index (χ2v) is 6.56. The van der Waals surface area contributed by atoms with Crippen molar-refractivity contribution >= 4 is 0 Å². The molecule has 2 rings (SSSR count). The molecule has 0 aliphatic heterocycles. The van der Waals surface area contributed by atoms with Gasteiger partial charge in [0.2, 0.25) is 0 Å². The number of hydrogen-bond donors (Lipinski definition) is 0. The average molecular weight is 294 g/mol. The minimum atomic E-state index is 0.453. The van der Waals surface area contributed by atoms with E-state index in [1.54, 1.807) is 0 Å². The maximum atomic E-state index is 2.35. The molecule has 0 unspecified atom stereocenters. The van der Waals surface area contributed by atoms with Crippen LogP contribution in [0.5, 0.6) is 0 Å². The van der Waals surface area contributed by atoms with Crippen LogP contribution < -0.4 is 0 Å². The molecule has 22 heavy (non-hydrogen) atoms. The zero-order valence-electron chi connectivity index (χ0n) is 15.3. The molecule has 0 radical (unpaired) electrons. The summed E-state index contributed by atoms with van der Waals surface area (Å²) in [5, 5.41) is 0. The van der Waals surface area contributed by atoms with E-state index in [-0.39, 0.29) is 0 Å². The Bertz CT molecular complexity index is 617. The standard InChI is InChI=1S/C22H30/c1-8-19-10-12-21(16(5)14(19)3)18(7)22-13-11-20(9-2)15(4)17(22)6/h10-13,18H,8-9H2,1-7H3. The van der Waals surface area contributed by atoms with Crippen LogP contribution in [0.25, 0.3) is 0 Å². The lowest BCUT2D eigenvalue weighted by molar-refractivity contribution is 0.883. The Balaban J connectivity index is 2.51. The lowest BCUT2D eigenvalue weighted by Gasteiger charge is -2.22. The highest BCUT2D eigenvalue weighted by Gasteiger charge is 2.17. The summed E-state index contributed by atoms with van der Waals surface area (Å²) in [4.78, 5) is 0. The van der Waals surface area contributed by atoms with Gasteiger partial charge in [-0.3, -0.25) is 0 Å². The van der Waals surface area contributed by atoms with Crippen LogP contribution in [0.3, 0.4) is 0 Å². The predicted molar refractivity (Wildman–Crippen MR) is 98.1 cm³/mol.